The van der Waals surface area contributed by atoms with Crippen molar-refractivity contribution < 1.29 is 24.8 Å². The highest BCUT2D eigenvalue weighted by molar-refractivity contribution is 4.87. The summed E-state index contributed by atoms with van der Waals surface area (Å²) in [6.45, 7) is 2.77. The molecule has 5 nitrogen and oxygen atoms in total. The molecular weight excluding hydrogens is 320 g/mol. The highest BCUT2D eigenvalue weighted by Crippen LogP contribution is 2.18. The van der Waals surface area contributed by atoms with Crippen LogP contribution in [0.15, 0.2) is 0 Å². The topological polar surface area (TPSA) is 79.2 Å². The van der Waals surface area contributed by atoms with Gasteiger partial charge in [-0.05, 0) is 6.42 Å². The van der Waals surface area contributed by atoms with Crippen molar-refractivity contribution in [1.82, 2.24) is 0 Å². The first-order valence-corrected chi connectivity index (χ1v) is 10.4. The van der Waals surface area contributed by atoms with Gasteiger partial charge in [-0.15, -0.1) is 0 Å². The first-order valence-electron chi connectivity index (χ1n) is 10.4. The number of rotatable bonds is 15. The molecule has 0 unspecified atom stereocenters. The van der Waals surface area contributed by atoms with E-state index in [0.717, 1.165) is 12.8 Å². The summed E-state index contributed by atoms with van der Waals surface area (Å²) in [5, 5.41) is 28.8. The van der Waals surface area contributed by atoms with Crippen LogP contribution in [-0.2, 0) is 9.47 Å². The smallest absolute Gasteiger partial charge is 0.111 e. The Bertz CT molecular complexity index is 300. The van der Waals surface area contributed by atoms with E-state index < -0.39 is 24.4 Å². The first kappa shape index (κ1) is 22.8. The number of aliphatic hydroxyl groups excluding tert-OH is 3. The zero-order valence-corrected chi connectivity index (χ0v) is 16.1. The second-order valence-electron chi connectivity index (χ2n) is 7.33. The van der Waals surface area contributed by atoms with Gasteiger partial charge < -0.3 is 24.8 Å². The molecule has 0 aromatic rings. The van der Waals surface area contributed by atoms with Crippen LogP contribution in [0.2, 0.25) is 0 Å². The summed E-state index contributed by atoms with van der Waals surface area (Å²) in [4.78, 5) is 0. The van der Waals surface area contributed by atoms with Gasteiger partial charge in [0, 0.05) is 6.61 Å². The maximum absolute atomic E-state index is 9.96. The molecule has 0 aromatic heterocycles. The zero-order chi connectivity index (χ0) is 18.3. The summed E-state index contributed by atoms with van der Waals surface area (Å²) in [6, 6.07) is 0. The summed E-state index contributed by atoms with van der Waals surface area (Å²) in [5.41, 5.74) is 0. The van der Waals surface area contributed by atoms with E-state index in [1.54, 1.807) is 0 Å². The maximum atomic E-state index is 9.96. The molecule has 0 aromatic carbocycles. The third-order valence-corrected chi connectivity index (χ3v) is 5.10. The van der Waals surface area contributed by atoms with Crippen LogP contribution in [0.25, 0.3) is 0 Å². The largest absolute Gasteiger partial charge is 0.394 e. The SMILES string of the molecule is CCCCCCCCCCCCCCO[C@@H]1CO[C@@H](CO)[C@H](O)[C@H]1O. The van der Waals surface area contributed by atoms with Crippen LogP contribution in [-0.4, -0.2) is 59.6 Å². The number of unbranched alkanes of at least 4 members (excludes halogenated alkanes) is 11. The third kappa shape index (κ3) is 9.90. The van der Waals surface area contributed by atoms with Gasteiger partial charge in [0.15, 0.2) is 0 Å². The summed E-state index contributed by atoms with van der Waals surface area (Å²) in [7, 11) is 0. The Hall–Kier alpha value is -0.200. The summed E-state index contributed by atoms with van der Waals surface area (Å²) >= 11 is 0. The molecule has 1 rings (SSSR count). The first-order chi connectivity index (χ1) is 12.2. The number of ether oxygens (including phenoxy) is 2. The van der Waals surface area contributed by atoms with Gasteiger partial charge in [-0.25, -0.2) is 0 Å². The Morgan fingerprint density at radius 2 is 1.32 bits per heavy atom. The van der Waals surface area contributed by atoms with Crippen LogP contribution < -0.4 is 0 Å². The van der Waals surface area contributed by atoms with Gasteiger partial charge in [0.05, 0.1) is 13.2 Å². The Labute approximate surface area is 153 Å². The van der Waals surface area contributed by atoms with Crippen molar-refractivity contribution >= 4 is 0 Å². The van der Waals surface area contributed by atoms with Crippen molar-refractivity contribution in [3.8, 4) is 0 Å². The molecule has 0 amide bonds. The molecule has 25 heavy (non-hydrogen) atoms. The Morgan fingerprint density at radius 1 is 0.800 bits per heavy atom. The lowest BCUT2D eigenvalue weighted by Crippen LogP contribution is -2.55. The van der Waals surface area contributed by atoms with E-state index >= 15 is 0 Å². The van der Waals surface area contributed by atoms with Gasteiger partial charge in [0.1, 0.15) is 24.4 Å². The van der Waals surface area contributed by atoms with Gasteiger partial charge in [-0.3, -0.25) is 0 Å². The highest BCUT2D eigenvalue weighted by atomic mass is 16.6. The van der Waals surface area contributed by atoms with Crippen molar-refractivity contribution in [2.24, 2.45) is 0 Å². The van der Waals surface area contributed by atoms with Gasteiger partial charge in [0.25, 0.3) is 0 Å². The molecule has 1 saturated heterocycles. The van der Waals surface area contributed by atoms with Gasteiger partial charge in [-0.2, -0.15) is 0 Å². The molecule has 3 N–H and O–H groups in total. The van der Waals surface area contributed by atoms with Crippen LogP contribution in [0, 0.1) is 0 Å². The second-order valence-corrected chi connectivity index (χ2v) is 7.33. The van der Waals surface area contributed by atoms with Crippen molar-refractivity contribution in [3.05, 3.63) is 0 Å². The standard InChI is InChI=1S/C20H40O5/c1-2-3-4-5-6-7-8-9-10-11-12-13-14-24-18-16-25-17(15-21)19(22)20(18)23/h17-23H,2-16H2,1H3/t17-,18+,19-,20-/m0/s1. The predicted molar refractivity (Wildman–Crippen MR) is 99.7 cm³/mol. The van der Waals surface area contributed by atoms with E-state index in [1.807, 2.05) is 0 Å². The van der Waals surface area contributed by atoms with E-state index in [1.165, 1.54) is 64.2 Å². The molecule has 0 aliphatic carbocycles. The molecule has 150 valence electrons. The second kappa shape index (κ2) is 14.9. The highest BCUT2D eigenvalue weighted by Gasteiger charge is 2.38. The number of hydrogen-bond donors (Lipinski definition) is 3. The normalized spacial score (nSPS) is 26.9. The zero-order valence-electron chi connectivity index (χ0n) is 16.1. The molecule has 1 aliphatic heterocycles. The lowest BCUT2D eigenvalue weighted by atomic mass is 10.0. The van der Waals surface area contributed by atoms with Crippen LogP contribution in [0.3, 0.4) is 0 Å². The molecule has 0 radical (unpaired) electrons. The van der Waals surface area contributed by atoms with E-state index in [4.69, 9.17) is 14.6 Å². The van der Waals surface area contributed by atoms with Crippen molar-refractivity contribution in [2.75, 3.05) is 19.8 Å². The van der Waals surface area contributed by atoms with E-state index in [-0.39, 0.29) is 13.2 Å². The van der Waals surface area contributed by atoms with Crippen LogP contribution >= 0.6 is 0 Å². The fraction of sp³-hybridized carbons (Fsp3) is 1.00. The van der Waals surface area contributed by atoms with Crippen LogP contribution in [0.5, 0.6) is 0 Å². The van der Waals surface area contributed by atoms with Gasteiger partial charge in [-0.1, -0.05) is 77.6 Å². The Morgan fingerprint density at radius 3 is 1.84 bits per heavy atom. The van der Waals surface area contributed by atoms with Crippen molar-refractivity contribution in [3.63, 3.8) is 0 Å². The Balaban J connectivity index is 1.87. The average Bonchev–Trinajstić information content (AvgIpc) is 2.62. The lowest BCUT2D eigenvalue weighted by Gasteiger charge is -2.36. The molecule has 0 spiro atoms. The van der Waals surface area contributed by atoms with Gasteiger partial charge in [0.2, 0.25) is 0 Å². The summed E-state index contributed by atoms with van der Waals surface area (Å²) in [5.74, 6) is 0. The van der Waals surface area contributed by atoms with Gasteiger partial charge >= 0.3 is 0 Å². The average molecular weight is 361 g/mol. The van der Waals surface area contributed by atoms with Crippen molar-refractivity contribution in [1.29, 1.82) is 0 Å². The van der Waals surface area contributed by atoms with E-state index in [2.05, 4.69) is 6.92 Å². The van der Waals surface area contributed by atoms with Crippen LogP contribution in [0.4, 0.5) is 0 Å². The molecule has 4 atom stereocenters. The maximum Gasteiger partial charge on any atom is 0.111 e. The fourth-order valence-corrected chi connectivity index (χ4v) is 3.34. The number of aliphatic hydroxyl groups is 3. The molecule has 1 heterocycles. The molecular formula is C20H40O5. The minimum atomic E-state index is -1.08. The molecule has 0 saturated carbocycles. The molecule has 5 heteroatoms. The quantitative estimate of drug-likeness (QED) is 0.391. The minimum Gasteiger partial charge on any atom is -0.394 e. The Kier molecular flexibility index (Phi) is 13.6. The van der Waals surface area contributed by atoms with E-state index in [9.17, 15) is 10.2 Å². The summed E-state index contributed by atoms with van der Waals surface area (Å²) in [6.07, 6.45) is 12.3. The predicted octanol–water partition coefficient (Wildman–Crippen LogP) is 3.19. The van der Waals surface area contributed by atoms with Crippen molar-refractivity contribution in [2.45, 2.75) is 108 Å². The number of hydrogen-bond acceptors (Lipinski definition) is 5. The minimum absolute atomic E-state index is 0.224. The molecule has 0 bridgehead atoms. The lowest BCUT2D eigenvalue weighted by molar-refractivity contribution is -0.208. The molecule has 1 aliphatic rings. The molecule has 1 fully saturated rings. The third-order valence-electron chi connectivity index (χ3n) is 5.10. The van der Waals surface area contributed by atoms with Crippen LogP contribution in [0.1, 0.15) is 84.0 Å². The fourth-order valence-electron chi connectivity index (χ4n) is 3.34. The van der Waals surface area contributed by atoms with E-state index in [0.29, 0.717) is 6.61 Å². The monoisotopic (exact) mass is 360 g/mol. The summed E-state index contributed by atoms with van der Waals surface area (Å²) < 4.78 is 10.9.